The molecule has 1 aromatic heterocycles. The van der Waals surface area contributed by atoms with Gasteiger partial charge in [-0.25, -0.2) is 9.78 Å². The number of benzene rings is 1. The van der Waals surface area contributed by atoms with Gasteiger partial charge in [-0.15, -0.1) is 0 Å². The first kappa shape index (κ1) is 29.9. The quantitative estimate of drug-likeness (QED) is 0.123. The van der Waals surface area contributed by atoms with E-state index in [-0.39, 0.29) is 25.7 Å². The third-order valence-electron chi connectivity index (χ3n) is 5.60. The van der Waals surface area contributed by atoms with Gasteiger partial charge in [0.05, 0.1) is 18.5 Å². The van der Waals surface area contributed by atoms with E-state index < -0.39 is 59.9 Å². The first-order valence-corrected chi connectivity index (χ1v) is 11.8. The number of hydrogen-bond donors (Lipinski definition) is 8. The Labute approximate surface area is 218 Å². The van der Waals surface area contributed by atoms with Crippen LogP contribution < -0.4 is 27.4 Å². The molecule has 0 aliphatic heterocycles. The summed E-state index contributed by atoms with van der Waals surface area (Å²) in [5, 5.41) is 26.7. The number of aromatic nitrogens is 2. The summed E-state index contributed by atoms with van der Waals surface area (Å²) in [4.78, 5) is 68.0. The lowest BCUT2D eigenvalue weighted by atomic mass is 10.0. The van der Waals surface area contributed by atoms with Crippen LogP contribution in [-0.4, -0.2) is 80.1 Å². The second kappa shape index (κ2) is 14.4. The maximum Gasteiger partial charge on any atom is 0.326 e. The molecule has 0 fully saturated rings. The molecule has 38 heavy (non-hydrogen) atoms. The maximum absolute atomic E-state index is 13.1. The van der Waals surface area contributed by atoms with Gasteiger partial charge in [0.25, 0.3) is 0 Å². The van der Waals surface area contributed by atoms with Crippen LogP contribution >= 0.6 is 0 Å². The molecule has 2 rings (SSSR count). The lowest BCUT2D eigenvalue weighted by Crippen LogP contribution is -2.60. The highest BCUT2D eigenvalue weighted by molar-refractivity contribution is 5.94. The Kier molecular flexibility index (Phi) is 11.4. The zero-order valence-electron chi connectivity index (χ0n) is 20.8. The summed E-state index contributed by atoms with van der Waals surface area (Å²) < 4.78 is 0. The molecular weight excluding hydrogens is 498 g/mol. The highest BCUT2D eigenvalue weighted by atomic mass is 16.4. The number of carboxylic acids is 1. The Morgan fingerprint density at radius 2 is 1.63 bits per heavy atom. The predicted octanol–water partition coefficient (Wildman–Crippen LogP) is -2.29. The van der Waals surface area contributed by atoms with Crippen molar-refractivity contribution in [3.63, 3.8) is 0 Å². The number of nitrogens with two attached hydrogens (primary N) is 2. The summed E-state index contributed by atoms with van der Waals surface area (Å²) >= 11 is 0. The fourth-order valence-electron chi connectivity index (χ4n) is 3.53. The van der Waals surface area contributed by atoms with Gasteiger partial charge in [0.1, 0.15) is 18.1 Å². The minimum atomic E-state index is -1.47. The van der Waals surface area contributed by atoms with Crippen molar-refractivity contribution in [2.75, 3.05) is 0 Å². The molecule has 5 atom stereocenters. The smallest absolute Gasteiger partial charge is 0.326 e. The van der Waals surface area contributed by atoms with Crippen LogP contribution in [0, 0.1) is 0 Å². The maximum atomic E-state index is 13.1. The number of carbonyl (C=O) groups excluding carboxylic acids is 4. The minimum Gasteiger partial charge on any atom is -0.480 e. The van der Waals surface area contributed by atoms with Crippen LogP contribution in [-0.2, 0) is 36.8 Å². The van der Waals surface area contributed by atoms with Crippen LogP contribution in [0.15, 0.2) is 42.9 Å². The molecule has 0 saturated heterocycles. The molecule has 4 amide bonds. The van der Waals surface area contributed by atoms with Crippen LogP contribution in [0.4, 0.5) is 0 Å². The minimum absolute atomic E-state index is 0.117. The molecule has 1 heterocycles. The molecule has 2 aromatic rings. The van der Waals surface area contributed by atoms with Gasteiger partial charge < -0.3 is 42.6 Å². The molecule has 0 aliphatic carbocycles. The molecule has 0 aliphatic rings. The summed E-state index contributed by atoms with van der Waals surface area (Å²) in [5.74, 6) is -4.60. The number of aliphatic hydroxyl groups is 1. The molecule has 0 spiro atoms. The Morgan fingerprint density at radius 3 is 2.18 bits per heavy atom. The van der Waals surface area contributed by atoms with E-state index in [1.165, 1.54) is 19.4 Å². The molecule has 206 valence electrons. The number of carbonyl (C=O) groups is 5. The number of nitrogens with zero attached hydrogens (tertiary/aromatic N) is 1. The summed E-state index contributed by atoms with van der Waals surface area (Å²) in [6.45, 7) is 1.28. The van der Waals surface area contributed by atoms with Crippen LogP contribution in [0.25, 0.3) is 0 Å². The number of primary amides is 1. The number of aliphatic hydroxyl groups excluding tert-OH is 1. The molecular formula is C24H33N7O7. The van der Waals surface area contributed by atoms with Gasteiger partial charge in [-0.3, -0.25) is 19.2 Å². The van der Waals surface area contributed by atoms with E-state index in [9.17, 15) is 34.2 Å². The number of imidazole rings is 1. The van der Waals surface area contributed by atoms with Gasteiger partial charge in [-0.2, -0.15) is 0 Å². The summed E-state index contributed by atoms with van der Waals surface area (Å²) in [7, 11) is 0. The average molecular weight is 532 g/mol. The van der Waals surface area contributed by atoms with E-state index in [2.05, 4.69) is 25.9 Å². The van der Waals surface area contributed by atoms with Gasteiger partial charge in [0.2, 0.25) is 23.6 Å². The topological polar surface area (TPSA) is 243 Å². The van der Waals surface area contributed by atoms with Gasteiger partial charge in [-0.05, 0) is 25.3 Å². The Balaban J connectivity index is 2.14. The standard InChI is InChI=1S/C24H33N7O7/c1-13(32)20(31-21(34)16(25)9-14-5-3-2-4-6-14)23(36)30-18(10-15-11-27-12-28-15)22(35)29-17(24(37)38)7-8-19(26)33/h2-6,11-13,16-18,20,32H,7-10,25H2,1H3,(H2,26,33)(H,27,28)(H,29,35)(H,30,36)(H,31,34)(H,37,38). The molecule has 5 unspecified atom stereocenters. The van der Waals surface area contributed by atoms with Crippen molar-refractivity contribution in [2.24, 2.45) is 11.5 Å². The van der Waals surface area contributed by atoms with Crippen molar-refractivity contribution >= 4 is 29.6 Å². The molecule has 14 nitrogen and oxygen atoms in total. The predicted molar refractivity (Wildman–Crippen MR) is 134 cm³/mol. The second-order valence-corrected chi connectivity index (χ2v) is 8.77. The van der Waals surface area contributed by atoms with Gasteiger partial charge in [-0.1, -0.05) is 30.3 Å². The van der Waals surface area contributed by atoms with Gasteiger partial charge >= 0.3 is 5.97 Å². The first-order chi connectivity index (χ1) is 18.0. The number of rotatable bonds is 15. The van der Waals surface area contributed by atoms with E-state index >= 15 is 0 Å². The normalized spacial score (nSPS) is 14.8. The zero-order chi connectivity index (χ0) is 28.2. The molecule has 10 N–H and O–H groups in total. The highest BCUT2D eigenvalue weighted by Gasteiger charge is 2.33. The van der Waals surface area contributed by atoms with Gasteiger partial charge in [0.15, 0.2) is 0 Å². The summed E-state index contributed by atoms with van der Waals surface area (Å²) in [6, 6.07) is 3.73. The van der Waals surface area contributed by atoms with Crippen molar-refractivity contribution in [1.82, 2.24) is 25.9 Å². The van der Waals surface area contributed by atoms with Crippen molar-refractivity contribution < 1.29 is 34.2 Å². The molecule has 14 heteroatoms. The number of aromatic amines is 1. The van der Waals surface area contributed by atoms with Gasteiger partial charge in [0, 0.05) is 24.7 Å². The Hall–Kier alpha value is -4.30. The third-order valence-corrected chi connectivity index (χ3v) is 5.60. The fraction of sp³-hybridized carbons (Fsp3) is 0.417. The number of carboxylic acid groups (broad SMARTS) is 1. The highest BCUT2D eigenvalue weighted by Crippen LogP contribution is 2.06. The van der Waals surface area contributed by atoms with Crippen LogP contribution in [0.3, 0.4) is 0 Å². The van der Waals surface area contributed by atoms with Crippen molar-refractivity contribution in [3.05, 3.63) is 54.1 Å². The average Bonchev–Trinajstić information content (AvgIpc) is 3.37. The van der Waals surface area contributed by atoms with Crippen LogP contribution in [0.5, 0.6) is 0 Å². The molecule has 0 radical (unpaired) electrons. The number of hydrogen-bond acceptors (Lipinski definition) is 8. The monoisotopic (exact) mass is 531 g/mol. The Bertz CT molecular complexity index is 1090. The van der Waals surface area contributed by atoms with Crippen molar-refractivity contribution in [3.8, 4) is 0 Å². The van der Waals surface area contributed by atoms with Crippen LogP contribution in [0.1, 0.15) is 31.0 Å². The summed E-state index contributed by atoms with van der Waals surface area (Å²) in [6.07, 6.45) is 0.931. The van der Waals surface area contributed by atoms with E-state index in [0.29, 0.717) is 5.69 Å². The zero-order valence-corrected chi connectivity index (χ0v) is 20.8. The van der Waals surface area contributed by atoms with E-state index in [0.717, 1.165) is 5.56 Å². The second-order valence-electron chi connectivity index (χ2n) is 8.77. The van der Waals surface area contributed by atoms with Crippen LogP contribution in [0.2, 0.25) is 0 Å². The molecule has 0 saturated carbocycles. The lowest BCUT2D eigenvalue weighted by molar-refractivity contribution is -0.142. The van der Waals surface area contributed by atoms with Crippen molar-refractivity contribution in [2.45, 2.75) is 62.9 Å². The number of aliphatic carboxylic acids is 1. The van der Waals surface area contributed by atoms with E-state index in [1.54, 1.807) is 24.3 Å². The number of amides is 4. The largest absolute Gasteiger partial charge is 0.480 e. The van der Waals surface area contributed by atoms with Crippen molar-refractivity contribution in [1.29, 1.82) is 0 Å². The fourth-order valence-corrected chi connectivity index (χ4v) is 3.53. The first-order valence-electron chi connectivity index (χ1n) is 11.8. The SMILES string of the molecule is CC(O)C(NC(=O)C(N)Cc1ccccc1)C(=O)NC(Cc1cnc[nH]1)C(=O)NC(CCC(N)=O)C(=O)O. The lowest BCUT2D eigenvalue weighted by Gasteiger charge is -2.26. The molecule has 1 aromatic carbocycles. The molecule has 0 bridgehead atoms. The van der Waals surface area contributed by atoms with E-state index in [4.69, 9.17) is 11.5 Å². The number of nitrogens with one attached hydrogen (secondary N) is 4. The Morgan fingerprint density at radius 1 is 0.974 bits per heavy atom. The third kappa shape index (κ3) is 9.63. The summed E-state index contributed by atoms with van der Waals surface area (Å²) in [5.41, 5.74) is 12.3. The number of H-pyrrole nitrogens is 1. The van der Waals surface area contributed by atoms with E-state index in [1.807, 2.05) is 6.07 Å².